The first-order valence-electron chi connectivity index (χ1n) is 15.4. The molecule has 44 heavy (non-hydrogen) atoms. The van der Waals surface area contributed by atoms with Crippen LogP contribution in [0.25, 0.3) is 45.3 Å². The molecule has 6 aromatic rings. The normalized spacial score (nSPS) is 18.5. The van der Waals surface area contributed by atoms with Gasteiger partial charge in [-0.1, -0.05) is 117 Å². The lowest BCUT2D eigenvalue weighted by Gasteiger charge is -2.23. The number of rotatable bonds is 4. The van der Waals surface area contributed by atoms with E-state index in [2.05, 4.69) is 74.5 Å². The second-order valence-corrected chi connectivity index (χ2v) is 12.7. The molecule has 0 amide bonds. The van der Waals surface area contributed by atoms with Crippen LogP contribution < -0.4 is 0 Å². The second kappa shape index (κ2) is 9.39. The number of hydrogen-bond donors (Lipinski definition) is 0. The molecule has 1 aromatic heterocycles. The molecule has 2 aliphatic carbocycles. The minimum atomic E-state index is -0.176. The third kappa shape index (κ3) is 3.91. The van der Waals surface area contributed by atoms with Gasteiger partial charge in [0.25, 0.3) is 0 Å². The van der Waals surface area contributed by atoms with Crippen molar-refractivity contribution in [2.45, 2.75) is 31.6 Å². The van der Waals surface area contributed by atoms with Crippen LogP contribution in [0.2, 0.25) is 0 Å². The van der Waals surface area contributed by atoms with Gasteiger partial charge in [0, 0.05) is 28.0 Å². The summed E-state index contributed by atoms with van der Waals surface area (Å²) in [4.78, 5) is 20.0. The fourth-order valence-electron chi connectivity index (χ4n) is 7.21. The van der Waals surface area contributed by atoms with E-state index in [0.717, 1.165) is 22.4 Å². The summed E-state index contributed by atoms with van der Waals surface area (Å²) in [6, 6.07) is 42.6. The van der Waals surface area contributed by atoms with Gasteiger partial charge in [-0.25, -0.2) is 15.0 Å². The molecule has 210 valence electrons. The summed E-state index contributed by atoms with van der Waals surface area (Å²) in [5, 5.41) is 0. The van der Waals surface area contributed by atoms with E-state index in [1.54, 1.807) is 0 Å². The lowest BCUT2D eigenvalue weighted by molar-refractivity contribution is 0.660. The first-order valence-corrected chi connectivity index (χ1v) is 15.4. The fraction of sp³-hybridized carbons (Fsp3) is 0.150. The topological polar surface area (TPSA) is 51.0 Å². The Kier molecular flexibility index (Phi) is 5.40. The highest BCUT2D eigenvalue weighted by atomic mass is 15.0. The van der Waals surface area contributed by atoms with Gasteiger partial charge >= 0.3 is 0 Å². The first-order chi connectivity index (χ1) is 21.5. The Morgan fingerprint density at radius 2 is 1.05 bits per heavy atom. The van der Waals surface area contributed by atoms with Gasteiger partial charge in [0.1, 0.15) is 0 Å². The molecule has 1 aliphatic heterocycles. The van der Waals surface area contributed by atoms with Gasteiger partial charge in [0.15, 0.2) is 17.5 Å². The molecule has 5 aromatic carbocycles. The monoisotopic (exact) mass is 566 g/mol. The number of aliphatic imine (C=N–C) groups is 1. The lowest BCUT2D eigenvalue weighted by Crippen LogP contribution is -2.17. The van der Waals surface area contributed by atoms with E-state index in [-0.39, 0.29) is 5.41 Å². The first kappa shape index (κ1) is 25.3. The Morgan fingerprint density at radius 1 is 0.523 bits per heavy atom. The highest BCUT2D eigenvalue weighted by Crippen LogP contribution is 2.56. The summed E-state index contributed by atoms with van der Waals surface area (Å²) in [7, 11) is 0. The van der Waals surface area contributed by atoms with Crippen LogP contribution in [0.1, 0.15) is 48.4 Å². The van der Waals surface area contributed by atoms with Crippen molar-refractivity contribution < 1.29 is 0 Å². The zero-order valence-corrected chi connectivity index (χ0v) is 24.7. The molecule has 0 spiro atoms. The largest absolute Gasteiger partial charge is 0.252 e. The molecule has 9 rings (SSSR count). The van der Waals surface area contributed by atoms with E-state index in [0.29, 0.717) is 29.3 Å². The Morgan fingerprint density at radius 3 is 1.68 bits per heavy atom. The predicted molar refractivity (Wildman–Crippen MR) is 177 cm³/mol. The quantitative estimate of drug-likeness (QED) is 0.214. The molecule has 1 fully saturated rings. The second-order valence-electron chi connectivity index (χ2n) is 12.7. The maximum atomic E-state index is 5.18. The molecule has 3 aliphatic rings. The van der Waals surface area contributed by atoms with Crippen molar-refractivity contribution in [3.8, 4) is 45.3 Å². The summed E-state index contributed by atoms with van der Waals surface area (Å²) in [6.45, 7) is 4.67. The van der Waals surface area contributed by atoms with Crippen molar-refractivity contribution >= 4 is 11.4 Å². The number of fused-ring (bicyclic) bond motifs is 6. The molecule has 2 heterocycles. The van der Waals surface area contributed by atoms with Crippen LogP contribution >= 0.6 is 0 Å². The van der Waals surface area contributed by atoms with E-state index in [1.165, 1.54) is 45.5 Å². The van der Waals surface area contributed by atoms with E-state index in [9.17, 15) is 0 Å². The molecule has 0 radical (unpaired) electrons. The van der Waals surface area contributed by atoms with Crippen LogP contribution in [0, 0.1) is 5.92 Å². The van der Waals surface area contributed by atoms with E-state index in [1.807, 2.05) is 60.7 Å². The van der Waals surface area contributed by atoms with Crippen LogP contribution in [-0.4, -0.2) is 20.7 Å². The third-order valence-electron chi connectivity index (χ3n) is 9.65. The van der Waals surface area contributed by atoms with Crippen molar-refractivity contribution in [1.82, 2.24) is 15.0 Å². The van der Waals surface area contributed by atoms with E-state index < -0.39 is 0 Å². The zero-order valence-electron chi connectivity index (χ0n) is 24.7. The minimum absolute atomic E-state index is 0.176. The molecule has 4 nitrogen and oxygen atoms in total. The Balaban J connectivity index is 1.14. The highest BCUT2D eigenvalue weighted by Gasteiger charge is 2.46. The van der Waals surface area contributed by atoms with Crippen LogP contribution in [0.5, 0.6) is 0 Å². The van der Waals surface area contributed by atoms with E-state index in [4.69, 9.17) is 19.9 Å². The third-order valence-corrected chi connectivity index (χ3v) is 9.65. The summed E-state index contributed by atoms with van der Waals surface area (Å²) in [5.74, 6) is 3.18. The maximum absolute atomic E-state index is 5.18. The van der Waals surface area contributed by atoms with Gasteiger partial charge in [0.05, 0.1) is 11.4 Å². The molecule has 0 bridgehead atoms. The summed E-state index contributed by atoms with van der Waals surface area (Å²) >= 11 is 0. The molecule has 2 atom stereocenters. The van der Waals surface area contributed by atoms with Crippen molar-refractivity contribution in [3.63, 3.8) is 0 Å². The Hall–Kier alpha value is -5.22. The summed E-state index contributed by atoms with van der Waals surface area (Å²) in [5.41, 5.74) is 13.0. The number of benzene rings is 5. The molecule has 1 saturated carbocycles. The van der Waals surface area contributed by atoms with E-state index >= 15 is 0 Å². The number of nitrogens with zero attached hydrogens (tertiary/aromatic N) is 4. The fourth-order valence-corrected chi connectivity index (χ4v) is 7.21. The predicted octanol–water partition coefficient (Wildman–Crippen LogP) is 9.42. The smallest absolute Gasteiger partial charge is 0.164 e. The Labute approximate surface area is 257 Å². The van der Waals surface area contributed by atoms with Crippen LogP contribution in [0.15, 0.2) is 126 Å². The number of hydrogen-bond acceptors (Lipinski definition) is 4. The van der Waals surface area contributed by atoms with Gasteiger partial charge < -0.3 is 0 Å². The average Bonchev–Trinajstić information content (AvgIpc) is 3.86. The van der Waals surface area contributed by atoms with Gasteiger partial charge in [-0.2, -0.15) is 0 Å². The van der Waals surface area contributed by atoms with Gasteiger partial charge in [-0.3, -0.25) is 4.99 Å². The van der Waals surface area contributed by atoms with Gasteiger partial charge in [0.2, 0.25) is 0 Å². The van der Waals surface area contributed by atoms with Crippen molar-refractivity contribution in [2.24, 2.45) is 10.9 Å². The molecule has 0 saturated heterocycles. The van der Waals surface area contributed by atoms with Gasteiger partial charge in [-0.15, -0.1) is 0 Å². The Bertz CT molecular complexity index is 2070. The number of para-hydroxylation sites is 1. The maximum Gasteiger partial charge on any atom is 0.164 e. The summed E-state index contributed by atoms with van der Waals surface area (Å²) < 4.78 is 0. The van der Waals surface area contributed by atoms with Gasteiger partial charge in [-0.05, 0) is 63.9 Å². The molecule has 2 unspecified atom stereocenters. The lowest BCUT2D eigenvalue weighted by atomic mass is 9.81. The minimum Gasteiger partial charge on any atom is -0.252 e. The van der Waals surface area contributed by atoms with Crippen LogP contribution in [0.4, 0.5) is 5.69 Å². The zero-order chi connectivity index (χ0) is 29.4. The molecule has 4 heteroatoms. The summed E-state index contributed by atoms with van der Waals surface area (Å²) in [6.07, 6.45) is 1.20. The van der Waals surface area contributed by atoms with Crippen LogP contribution in [0.3, 0.4) is 0 Å². The SMILES string of the molecule is CC1(C)c2cc(C3=Nc4ccccc4C4CC34)ccc2-c2ccc(-c3nc(-c4ccccc4)nc(-c4ccccc4)n3)cc21. The van der Waals surface area contributed by atoms with Crippen molar-refractivity contribution in [1.29, 1.82) is 0 Å². The standard InChI is InChI=1S/C40H30N4/c1-40(2)33-21-26(36-32-23-31(32)30-15-9-10-16-35(30)41-36)17-19-28(33)29-20-18-27(22-34(29)40)39-43-37(24-11-5-3-6-12-24)42-38(44-39)25-13-7-4-8-14-25/h3-22,31-32H,23H2,1-2H3. The van der Waals surface area contributed by atoms with Crippen molar-refractivity contribution in [3.05, 3.63) is 144 Å². The molecular formula is C40H30N4. The highest BCUT2D eigenvalue weighted by molar-refractivity contribution is 6.08. The molecule has 0 N–H and O–H groups in total. The van der Waals surface area contributed by atoms with Crippen LogP contribution in [-0.2, 0) is 5.41 Å². The van der Waals surface area contributed by atoms with Crippen molar-refractivity contribution in [2.75, 3.05) is 0 Å². The molecular weight excluding hydrogens is 536 g/mol. The average molecular weight is 567 g/mol. The number of aromatic nitrogens is 3.